The minimum atomic E-state index is -0.247. The highest BCUT2D eigenvalue weighted by Crippen LogP contribution is 2.33. The summed E-state index contributed by atoms with van der Waals surface area (Å²) in [5.41, 5.74) is 2.66. The van der Waals surface area contributed by atoms with E-state index in [2.05, 4.69) is 6.07 Å². The van der Waals surface area contributed by atoms with Crippen LogP contribution in [0.25, 0.3) is 32.9 Å². The van der Waals surface area contributed by atoms with Crippen molar-refractivity contribution in [2.24, 2.45) is 0 Å². The molecule has 0 N–H and O–H groups in total. The average Bonchev–Trinajstić information content (AvgIpc) is 2.61. The number of rotatable bonds is 2. The lowest BCUT2D eigenvalue weighted by molar-refractivity contribution is 0.415. The van der Waals surface area contributed by atoms with Crippen LogP contribution in [-0.4, -0.2) is 12.1 Å². The van der Waals surface area contributed by atoms with Gasteiger partial charge in [0.05, 0.1) is 18.3 Å². The van der Waals surface area contributed by atoms with Gasteiger partial charge in [-0.3, -0.25) is 0 Å². The van der Waals surface area contributed by atoms with Crippen LogP contribution in [0.2, 0.25) is 0 Å². The zero-order valence-corrected chi connectivity index (χ0v) is 12.6. The Morgan fingerprint density at radius 1 is 0.826 bits per heavy atom. The molecule has 0 radical (unpaired) electrons. The molecule has 0 aliphatic heterocycles. The number of ether oxygens (including phenoxy) is 1. The Morgan fingerprint density at radius 3 is 2.30 bits per heavy atom. The second-order valence-electron chi connectivity index (χ2n) is 5.40. The third-order valence-corrected chi connectivity index (χ3v) is 4.03. The standard InChI is InChI=1S/C20H14FNO/c1-23-15-10-11-19-18(12-15)16-4-2-3-5-17(16)20(22-19)13-6-8-14(21)9-7-13/h2-12H,1H3. The molecule has 1 heterocycles. The fourth-order valence-corrected chi connectivity index (χ4v) is 2.89. The van der Waals surface area contributed by atoms with Gasteiger partial charge in [0.1, 0.15) is 11.6 Å². The fraction of sp³-hybridized carbons (Fsp3) is 0.0500. The molecule has 4 aromatic rings. The number of halogens is 1. The van der Waals surface area contributed by atoms with Gasteiger partial charge < -0.3 is 4.74 Å². The third-order valence-electron chi connectivity index (χ3n) is 4.03. The predicted molar refractivity (Wildman–Crippen MR) is 91.2 cm³/mol. The molecule has 0 spiro atoms. The molecule has 0 unspecified atom stereocenters. The highest BCUT2D eigenvalue weighted by atomic mass is 19.1. The molecule has 0 atom stereocenters. The maximum absolute atomic E-state index is 13.2. The van der Waals surface area contributed by atoms with E-state index in [1.165, 1.54) is 12.1 Å². The molecule has 4 rings (SSSR count). The minimum Gasteiger partial charge on any atom is -0.497 e. The molecular weight excluding hydrogens is 289 g/mol. The zero-order chi connectivity index (χ0) is 15.8. The van der Waals surface area contributed by atoms with Crippen molar-refractivity contribution in [3.63, 3.8) is 0 Å². The minimum absolute atomic E-state index is 0.247. The van der Waals surface area contributed by atoms with Crippen molar-refractivity contribution in [1.29, 1.82) is 0 Å². The van der Waals surface area contributed by atoms with Crippen molar-refractivity contribution in [2.75, 3.05) is 7.11 Å². The van der Waals surface area contributed by atoms with Crippen molar-refractivity contribution in [1.82, 2.24) is 4.98 Å². The van der Waals surface area contributed by atoms with Crippen LogP contribution in [0.15, 0.2) is 66.7 Å². The molecule has 3 heteroatoms. The summed E-state index contributed by atoms with van der Waals surface area (Å²) in [6.07, 6.45) is 0. The van der Waals surface area contributed by atoms with E-state index < -0.39 is 0 Å². The highest BCUT2D eigenvalue weighted by Gasteiger charge is 2.10. The van der Waals surface area contributed by atoms with Gasteiger partial charge in [-0.15, -0.1) is 0 Å². The molecule has 0 amide bonds. The summed E-state index contributed by atoms with van der Waals surface area (Å²) in [6.45, 7) is 0. The third kappa shape index (κ3) is 2.30. The summed E-state index contributed by atoms with van der Waals surface area (Å²) < 4.78 is 18.5. The van der Waals surface area contributed by atoms with E-state index in [0.29, 0.717) is 0 Å². The van der Waals surface area contributed by atoms with Crippen LogP contribution in [0.4, 0.5) is 4.39 Å². The topological polar surface area (TPSA) is 22.1 Å². The molecule has 0 aliphatic carbocycles. The van der Waals surface area contributed by atoms with E-state index in [9.17, 15) is 4.39 Å². The summed E-state index contributed by atoms with van der Waals surface area (Å²) in [5.74, 6) is 0.558. The van der Waals surface area contributed by atoms with E-state index in [4.69, 9.17) is 9.72 Å². The van der Waals surface area contributed by atoms with Gasteiger partial charge in [0.25, 0.3) is 0 Å². The number of nitrogens with zero attached hydrogens (tertiary/aromatic N) is 1. The monoisotopic (exact) mass is 303 g/mol. The molecule has 1 aromatic heterocycles. The lowest BCUT2D eigenvalue weighted by Crippen LogP contribution is -1.91. The lowest BCUT2D eigenvalue weighted by Gasteiger charge is -2.11. The molecule has 0 aliphatic rings. The number of methoxy groups -OCH3 is 1. The van der Waals surface area contributed by atoms with Crippen molar-refractivity contribution in [2.45, 2.75) is 0 Å². The van der Waals surface area contributed by atoms with Gasteiger partial charge in [0, 0.05) is 16.3 Å². The normalized spacial score (nSPS) is 11.0. The fourth-order valence-electron chi connectivity index (χ4n) is 2.89. The lowest BCUT2D eigenvalue weighted by atomic mass is 10.00. The molecule has 112 valence electrons. The summed E-state index contributed by atoms with van der Waals surface area (Å²) >= 11 is 0. The van der Waals surface area contributed by atoms with Crippen molar-refractivity contribution in [3.05, 3.63) is 72.5 Å². The SMILES string of the molecule is COc1ccc2nc(-c3ccc(F)cc3)c3ccccc3c2c1. The summed E-state index contributed by atoms with van der Waals surface area (Å²) in [4.78, 5) is 4.80. The van der Waals surface area contributed by atoms with E-state index >= 15 is 0 Å². The van der Waals surface area contributed by atoms with Crippen LogP contribution in [0.3, 0.4) is 0 Å². The zero-order valence-electron chi connectivity index (χ0n) is 12.6. The van der Waals surface area contributed by atoms with Crippen LogP contribution in [0.5, 0.6) is 5.75 Å². The number of aromatic nitrogens is 1. The van der Waals surface area contributed by atoms with Gasteiger partial charge in [-0.05, 0) is 47.9 Å². The van der Waals surface area contributed by atoms with Crippen LogP contribution < -0.4 is 4.74 Å². The quantitative estimate of drug-likeness (QED) is 0.475. The Balaban J connectivity index is 2.09. The Hall–Kier alpha value is -2.94. The molecule has 0 bridgehead atoms. The van der Waals surface area contributed by atoms with E-state index in [-0.39, 0.29) is 5.82 Å². The van der Waals surface area contributed by atoms with Crippen molar-refractivity contribution >= 4 is 21.7 Å². The number of benzene rings is 3. The first-order chi connectivity index (χ1) is 11.3. The van der Waals surface area contributed by atoms with E-state index in [1.54, 1.807) is 19.2 Å². The molecule has 0 fully saturated rings. The largest absolute Gasteiger partial charge is 0.497 e. The number of hydrogen-bond donors (Lipinski definition) is 0. The number of fused-ring (bicyclic) bond motifs is 3. The Labute approximate surface area is 133 Å². The van der Waals surface area contributed by atoms with Gasteiger partial charge >= 0.3 is 0 Å². The van der Waals surface area contributed by atoms with Gasteiger partial charge in [-0.1, -0.05) is 24.3 Å². The first-order valence-corrected chi connectivity index (χ1v) is 7.39. The molecule has 0 saturated heterocycles. The van der Waals surface area contributed by atoms with E-state index in [1.807, 2.05) is 36.4 Å². The Morgan fingerprint density at radius 2 is 1.57 bits per heavy atom. The average molecular weight is 303 g/mol. The second kappa shape index (κ2) is 5.36. The first kappa shape index (κ1) is 13.7. The molecule has 23 heavy (non-hydrogen) atoms. The second-order valence-corrected chi connectivity index (χ2v) is 5.40. The predicted octanol–water partition coefficient (Wildman–Crippen LogP) is 5.20. The van der Waals surface area contributed by atoms with Crippen molar-refractivity contribution in [3.8, 4) is 17.0 Å². The molecule has 2 nitrogen and oxygen atoms in total. The van der Waals surface area contributed by atoms with Crippen LogP contribution >= 0.6 is 0 Å². The Bertz CT molecular complexity index is 1010. The van der Waals surface area contributed by atoms with Gasteiger partial charge in [-0.2, -0.15) is 0 Å². The van der Waals surface area contributed by atoms with Crippen LogP contribution in [-0.2, 0) is 0 Å². The maximum atomic E-state index is 13.2. The van der Waals surface area contributed by atoms with Crippen LogP contribution in [0, 0.1) is 5.82 Å². The van der Waals surface area contributed by atoms with Gasteiger partial charge in [-0.25, -0.2) is 9.37 Å². The number of hydrogen-bond acceptors (Lipinski definition) is 2. The smallest absolute Gasteiger partial charge is 0.123 e. The van der Waals surface area contributed by atoms with Crippen molar-refractivity contribution < 1.29 is 9.13 Å². The number of pyridine rings is 1. The first-order valence-electron chi connectivity index (χ1n) is 7.39. The highest BCUT2D eigenvalue weighted by molar-refractivity contribution is 6.11. The van der Waals surface area contributed by atoms with Gasteiger partial charge in [0.15, 0.2) is 0 Å². The summed E-state index contributed by atoms with van der Waals surface area (Å²) in [6, 6.07) is 20.4. The Kier molecular flexibility index (Phi) is 3.19. The summed E-state index contributed by atoms with van der Waals surface area (Å²) in [7, 11) is 1.66. The molecular formula is C20H14FNO. The van der Waals surface area contributed by atoms with Crippen LogP contribution in [0.1, 0.15) is 0 Å². The van der Waals surface area contributed by atoms with Gasteiger partial charge in [0.2, 0.25) is 0 Å². The summed E-state index contributed by atoms with van der Waals surface area (Å²) in [5, 5.41) is 3.20. The van der Waals surface area contributed by atoms with E-state index in [0.717, 1.165) is 38.7 Å². The molecule has 0 saturated carbocycles. The molecule has 3 aromatic carbocycles. The maximum Gasteiger partial charge on any atom is 0.123 e.